The molecule has 0 aromatic heterocycles. The lowest BCUT2D eigenvalue weighted by Gasteiger charge is -2.11. The molecule has 0 saturated carbocycles. The van der Waals surface area contributed by atoms with Crippen molar-refractivity contribution >= 4 is 52.3 Å². The Morgan fingerprint density at radius 2 is 1.74 bits per heavy atom. The van der Waals surface area contributed by atoms with Gasteiger partial charge in [0.25, 0.3) is 5.91 Å². The standard InChI is InChI=1S/C19H19Cl3N2O3/c1-11(2)19(26)24-13-5-3-4-12(6-13)9-23-18(25)10-27-17-8-15(21)14(20)7-16(17)22/h3-8,11H,9-10H2,1-2H3,(H,23,25)(H,24,26). The van der Waals surface area contributed by atoms with Crippen LogP contribution in [-0.4, -0.2) is 18.4 Å². The molecule has 0 spiro atoms. The summed E-state index contributed by atoms with van der Waals surface area (Å²) in [6, 6.07) is 10.2. The van der Waals surface area contributed by atoms with Crippen LogP contribution in [0.1, 0.15) is 19.4 Å². The molecule has 0 aliphatic rings. The van der Waals surface area contributed by atoms with Crippen molar-refractivity contribution in [3.05, 3.63) is 57.0 Å². The third kappa shape index (κ3) is 6.61. The maximum Gasteiger partial charge on any atom is 0.258 e. The topological polar surface area (TPSA) is 67.4 Å². The van der Waals surface area contributed by atoms with Gasteiger partial charge >= 0.3 is 0 Å². The number of hydrogen-bond acceptors (Lipinski definition) is 3. The monoisotopic (exact) mass is 428 g/mol. The first-order valence-corrected chi connectivity index (χ1v) is 9.33. The second kappa shape index (κ2) is 9.83. The van der Waals surface area contributed by atoms with E-state index >= 15 is 0 Å². The van der Waals surface area contributed by atoms with E-state index in [0.29, 0.717) is 17.3 Å². The van der Waals surface area contributed by atoms with Crippen molar-refractivity contribution in [2.24, 2.45) is 5.92 Å². The van der Waals surface area contributed by atoms with Crippen molar-refractivity contribution in [2.45, 2.75) is 20.4 Å². The zero-order chi connectivity index (χ0) is 20.0. The Morgan fingerprint density at radius 1 is 1.04 bits per heavy atom. The molecular weight excluding hydrogens is 411 g/mol. The van der Waals surface area contributed by atoms with E-state index < -0.39 is 0 Å². The van der Waals surface area contributed by atoms with Crippen molar-refractivity contribution in [3.63, 3.8) is 0 Å². The second-order valence-corrected chi connectivity index (χ2v) is 7.33. The third-order valence-electron chi connectivity index (χ3n) is 3.54. The van der Waals surface area contributed by atoms with Crippen LogP contribution in [-0.2, 0) is 16.1 Å². The highest BCUT2D eigenvalue weighted by Gasteiger charge is 2.10. The van der Waals surface area contributed by atoms with E-state index in [2.05, 4.69) is 10.6 Å². The van der Waals surface area contributed by atoms with Crippen molar-refractivity contribution in [3.8, 4) is 5.75 Å². The van der Waals surface area contributed by atoms with Crippen LogP contribution in [0.2, 0.25) is 15.1 Å². The van der Waals surface area contributed by atoms with Gasteiger partial charge in [0.2, 0.25) is 5.91 Å². The van der Waals surface area contributed by atoms with Gasteiger partial charge in [-0.25, -0.2) is 0 Å². The van der Waals surface area contributed by atoms with Crippen molar-refractivity contribution in [2.75, 3.05) is 11.9 Å². The van der Waals surface area contributed by atoms with E-state index in [1.165, 1.54) is 12.1 Å². The maximum atomic E-state index is 12.0. The molecule has 0 aliphatic carbocycles. The van der Waals surface area contributed by atoms with Crippen LogP contribution in [0.5, 0.6) is 5.75 Å². The van der Waals surface area contributed by atoms with Gasteiger partial charge in [0.05, 0.1) is 15.1 Å². The van der Waals surface area contributed by atoms with E-state index in [4.69, 9.17) is 39.5 Å². The van der Waals surface area contributed by atoms with E-state index in [1.54, 1.807) is 12.1 Å². The minimum absolute atomic E-state index is 0.0666. The number of benzene rings is 2. The van der Waals surface area contributed by atoms with Gasteiger partial charge in [-0.15, -0.1) is 0 Å². The molecule has 0 bridgehead atoms. The van der Waals surface area contributed by atoms with Gasteiger partial charge in [-0.3, -0.25) is 9.59 Å². The number of halogens is 3. The van der Waals surface area contributed by atoms with E-state index in [1.807, 2.05) is 26.0 Å². The summed E-state index contributed by atoms with van der Waals surface area (Å²) >= 11 is 17.8. The number of nitrogens with one attached hydrogen (secondary N) is 2. The van der Waals surface area contributed by atoms with Gasteiger partial charge in [0, 0.05) is 24.2 Å². The average Bonchev–Trinajstić information content (AvgIpc) is 2.62. The molecule has 2 rings (SSSR count). The van der Waals surface area contributed by atoms with Crippen molar-refractivity contribution < 1.29 is 14.3 Å². The van der Waals surface area contributed by atoms with Crippen LogP contribution in [0.15, 0.2) is 36.4 Å². The first-order valence-electron chi connectivity index (χ1n) is 8.20. The summed E-state index contributed by atoms with van der Waals surface area (Å²) in [6.45, 7) is 3.71. The summed E-state index contributed by atoms with van der Waals surface area (Å²) in [6.07, 6.45) is 0. The molecule has 27 heavy (non-hydrogen) atoms. The summed E-state index contributed by atoms with van der Waals surface area (Å²) < 4.78 is 5.38. The molecule has 0 fully saturated rings. The predicted molar refractivity (Wildman–Crippen MR) is 109 cm³/mol. The van der Waals surface area contributed by atoms with Crippen LogP contribution in [0.25, 0.3) is 0 Å². The molecule has 0 atom stereocenters. The number of hydrogen-bond donors (Lipinski definition) is 2. The van der Waals surface area contributed by atoms with Gasteiger partial charge in [-0.05, 0) is 23.8 Å². The highest BCUT2D eigenvalue weighted by molar-refractivity contribution is 6.43. The van der Waals surface area contributed by atoms with Gasteiger partial charge < -0.3 is 15.4 Å². The molecule has 2 amide bonds. The minimum Gasteiger partial charge on any atom is -0.482 e. The van der Waals surface area contributed by atoms with Gasteiger partial charge in [0.1, 0.15) is 5.75 Å². The van der Waals surface area contributed by atoms with Crippen LogP contribution in [0, 0.1) is 5.92 Å². The lowest BCUT2D eigenvalue weighted by molar-refractivity contribution is -0.123. The summed E-state index contributed by atoms with van der Waals surface area (Å²) in [5, 5.41) is 6.42. The van der Waals surface area contributed by atoms with Crippen molar-refractivity contribution in [1.82, 2.24) is 5.32 Å². The Labute approximate surface area is 172 Å². The fourth-order valence-corrected chi connectivity index (χ4v) is 2.65. The Morgan fingerprint density at radius 3 is 2.44 bits per heavy atom. The van der Waals surface area contributed by atoms with Gasteiger partial charge in [0.15, 0.2) is 6.61 Å². The summed E-state index contributed by atoms with van der Waals surface area (Å²) in [4.78, 5) is 23.8. The number of carbonyl (C=O) groups is 2. The van der Waals surface area contributed by atoms with Gasteiger partial charge in [-0.2, -0.15) is 0 Å². The molecule has 0 radical (unpaired) electrons. The second-order valence-electron chi connectivity index (χ2n) is 6.11. The molecule has 144 valence electrons. The fraction of sp³-hybridized carbons (Fsp3) is 0.263. The Balaban J connectivity index is 1.87. The summed E-state index contributed by atoms with van der Waals surface area (Å²) in [7, 11) is 0. The minimum atomic E-state index is -0.325. The van der Waals surface area contributed by atoms with E-state index in [9.17, 15) is 9.59 Å². The van der Waals surface area contributed by atoms with Crippen LogP contribution >= 0.6 is 34.8 Å². The Bertz CT molecular complexity index is 841. The molecule has 0 aliphatic heterocycles. The molecule has 0 heterocycles. The molecular formula is C19H19Cl3N2O3. The number of amides is 2. The highest BCUT2D eigenvalue weighted by Crippen LogP contribution is 2.33. The zero-order valence-electron chi connectivity index (χ0n) is 14.8. The SMILES string of the molecule is CC(C)C(=O)Nc1cccc(CNC(=O)COc2cc(Cl)c(Cl)cc2Cl)c1. The smallest absolute Gasteiger partial charge is 0.258 e. The third-order valence-corrected chi connectivity index (χ3v) is 4.56. The van der Waals surface area contributed by atoms with E-state index in [-0.39, 0.29) is 40.1 Å². The molecule has 0 unspecified atom stereocenters. The lowest BCUT2D eigenvalue weighted by Crippen LogP contribution is -2.28. The van der Waals surface area contributed by atoms with Crippen LogP contribution in [0.4, 0.5) is 5.69 Å². The predicted octanol–water partition coefficient (Wildman–Crippen LogP) is 4.94. The molecule has 5 nitrogen and oxygen atoms in total. The molecule has 2 aromatic rings. The zero-order valence-corrected chi connectivity index (χ0v) is 17.1. The molecule has 8 heteroatoms. The highest BCUT2D eigenvalue weighted by atomic mass is 35.5. The van der Waals surface area contributed by atoms with Crippen LogP contribution < -0.4 is 15.4 Å². The first kappa shape index (κ1) is 21.4. The molecule has 0 saturated heterocycles. The fourth-order valence-electron chi connectivity index (χ4n) is 2.06. The van der Waals surface area contributed by atoms with E-state index in [0.717, 1.165) is 5.56 Å². The normalized spacial score (nSPS) is 10.6. The molecule has 2 aromatic carbocycles. The first-order chi connectivity index (χ1) is 12.8. The summed E-state index contributed by atoms with van der Waals surface area (Å²) in [5.41, 5.74) is 1.52. The molecule has 2 N–H and O–H groups in total. The van der Waals surface area contributed by atoms with Crippen LogP contribution in [0.3, 0.4) is 0 Å². The number of carbonyl (C=O) groups excluding carboxylic acids is 2. The Hall–Kier alpha value is -1.95. The quantitative estimate of drug-likeness (QED) is 0.613. The summed E-state index contributed by atoms with van der Waals surface area (Å²) in [5.74, 6) is -0.227. The Kier molecular flexibility index (Phi) is 7.78. The lowest BCUT2D eigenvalue weighted by atomic mass is 10.1. The van der Waals surface area contributed by atoms with Gasteiger partial charge in [-0.1, -0.05) is 60.8 Å². The largest absolute Gasteiger partial charge is 0.482 e. The maximum absolute atomic E-state index is 12.0. The van der Waals surface area contributed by atoms with Crippen molar-refractivity contribution in [1.29, 1.82) is 0 Å². The average molecular weight is 430 g/mol. The number of anilines is 1. The number of rotatable bonds is 7. The number of ether oxygens (including phenoxy) is 1.